The molecular weight excluding hydrogens is 257 g/mol. The molecule has 0 fully saturated rings. The van der Waals surface area contributed by atoms with E-state index in [-0.39, 0.29) is 11.8 Å². The van der Waals surface area contributed by atoms with Gasteiger partial charge in [-0.05, 0) is 51.2 Å². The summed E-state index contributed by atoms with van der Waals surface area (Å²) < 4.78 is 39.9. The Kier molecular flexibility index (Phi) is 5.62. The van der Waals surface area contributed by atoms with E-state index in [4.69, 9.17) is 5.73 Å². The van der Waals surface area contributed by atoms with Crippen molar-refractivity contribution in [1.82, 2.24) is 4.90 Å². The third kappa shape index (κ3) is 5.48. The number of hydrogen-bond acceptors (Lipinski definition) is 3. The summed E-state index contributed by atoms with van der Waals surface area (Å²) in [5, 5.41) is 0. The molecule has 1 aromatic rings. The Bertz CT molecular complexity index is 378. The van der Waals surface area contributed by atoms with E-state index in [1.807, 2.05) is 14.0 Å². The fourth-order valence-electron chi connectivity index (χ4n) is 1.74. The van der Waals surface area contributed by atoms with E-state index in [0.29, 0.717) is 6.54 Å². The number of hydrogen-bond donors (Lipinski definition) is 1. The molecule has 0 bridgehead atoms. The van der Waals surface area contributed by atoms with E-state index >= 15 is 0 Å². The van der Waals surface area contributed by atoms with E-state index in [0.717, 1.165) is 18.5 Å². The van der Waals surface area contributed by atoms with Gasteiger partial charge in [-0.1, -0.05) is 12.1 Å². The molecule has 0 aliphatic rings. The Morgan fingerprint density at radius 1 is 1.26 bits per heavy atom. The first-order chi connectivity index (χ1) is 8.83. The number of benzene rings is 1. The number of rotatable bonds is 6. The zero-order valence-electron chi connectivity index (χ0n) is 11.1. The smallest absolute Gasteiger partial charge is 0.406 e. The molecule has 1 atom stereocenters. The van der Waals surface area contributed by atoms with Crippen molar-refractivity contribution in [2.45, 2.75) is 25.7 Å². The van der Waals surface area contributed by atoms with Crippen LogP contribution in [-0.2, 0) is 0 Å². The third-order valence-corrected chi connectivity index (χ3v) is 2.97. The van der Waals surface area contributed by atoms with Crippen LogP contribution in [0.2, 0.25) is 0 Å². The van der Waals surface area contributed by atoms with Crippen molar-refractivity contribution in [2.75, 3.05) is 20.1 Å². The summed E-state index contributed by atoms with van der Waals surface area (Å²) in [6, 6.07) is 6.06. The van der Waals surface area contributed by atoms with Crippen molar-refractivity contribution < 1.29 is 17.9 Å². The van der Waals surface area contributed by atoms with Gasteiger partial charge in [0.1, 0.15) is 5.75 Å². The fourth-order valence-corrected chi connectivity index (χ4v) is 1.74. The summed E-state index contributed by atoms with van der Waals surface area (Å²) in [4.78, 5) is 2.10. The van der Waals surface area contributed by atoms with Crippen LogP contribution in [0.25, 0.3) is 0 Å². The number of alkyl halides is 3. The predicted octanol–water partition coefficient (Wildman–Crippen LogP) is 2.93. The second-order valence-electron chi connectivity index (χ2n) is 4.42. The first kappa shape index (κ1) is 15.8. The number of halogens is 3. The summed E-state index contributed by atoms with van der Waals surface area (Å²) >= 11 is 0. The average Bonchev–Trinajstić information content (AvgIpc) is 2.34. The zero-order valence-corrected chi connectivity index (χ0v) is 11.1. The first-order valence-electron chi connectivity index (χ1n) is 6.09. The average molecular weight is 276 g/mol. The molecule has 6 heteroatoms. The monoisotopic (exact) mass is 276 g/mol. The first-order valence-corrected chi connectivity index (χ1v) is 6.09. The van der Waals surface area contributed by atoms with Crippen molar-refractivity contribution in [1.29, 1.82) is 0 Å². The van der Waals surface area contributed by atoms with Crippen LogP contribution in [-0.4, -0.2) is 31.4 Å². The standard InChI is InChI=1S/C13H19F3N2O/c1-10(18(2)9-3-8-17)11-4-6-12(7-5-11)19-13(14,15)16/h4-7,10H,3,8-9,17H2,1-2H3. The van der Waals surface area contributed by atoms with E-state index in [1.165, 1.54) is 12.1 Å². The molecule has 108 valence electrons. The lowest BCUT2D eigenvalue weighted by Crippen LogP contribution is -2.25. The van der Waals surface area contributed by atoms with Gasteiger partial charge in [-0.2, -0.15) is 0 Å². The van der Waals surface area contributed by atoms with Crippen LogP contribution in [0.1, 0.15) is 24.9 Å². The van der Waals surface area contributed by atoms with Gasteiger partial charge in [0, 0.05) is 6.04 Å². The number of nitrogens with zero attached hydrogens (tertiary/aromatic N) is 1. The van der Waals surface area contributed by atoms with Crippen molar-refractivity contribution in [3.05, 3.63) is 29.8 Å². The Balaban J connectivity index is 2.65. The zero-order chi connectivity index (χ0) is 14.5. The van der Waals surface area contributed by atoms with Gasteiger partial charge < -0.3 is 10.5 Å². The molecule has 0 aliphatic heterocycles. The third-order valence-electron chi connectivity index (χ3n) is 2.97. The van der Waals surface area contributed by atoms with Crippen LogP contribution in [0.5, 0.6) is 5.75 Å². The van der Waals surface area contributed by atoms with E-state index in [9.17, 15) is 13.2 Å². The van der Waals surface area contributed by atoms with Gasteiger partial charge in [0.05, 0.1) is 0 Å². The van der Waals surface area contributed by atoms with Crippen LogP contribution in [0.15, 0.2) is 24.3 Å². The second-order valence-corrected chi connectivity index (χ2v) is 4.42. The molecule has 3 nitrogen and oxygen atoms in total. The lowest BCUT2D eigenvalue weighted by Gasteiger charge is -2.25. The lowest BCUT2D eigenvalue weighted by molar-refractivity contribution is -0.274. The van der Waals surface area contributed by atoms with Crippen molar-refractivity contribution in [2.24, 2.45) is 5.73 Å². The van der Waals surface area contributed by atoms with E-state index in [2.05, 4.69) is 9.64 Å². The van der Waals surface area contributed by atoms with Crippen LogP contribution in [0, 0.1) is 0 Å². The highest BCUT2D eigenvalue weighted by molar-refractivity contribution is 5.29. The van der Waals surface area contributed by atoms with Crippen LogP contribution in [0.3, 0.4) is 0 Å². The van der Waals surface area contributed by atoms with Gasteiger partial charge >= 0.3 is 6.36 Å². The summed E-state index contributed by atoms with van der Waals surface area (Å²) in [6.45, 7) is 3.46. The van der Waals surface area contributed by atoms with Gasteiger partial charge in [0.2, 0.25) is 0 Å². The molecule has 1 aromatic carbocycles. The number of nitrogens with two attached hydrogens (primary N) is 1. The highest BCUT2D eigenvalue weighted by atomic mass is 19.4. The molecule has 0 saturated carbocycles. The normalized spacial score (nSPS) is 13.6. The topological polar surface area (TPSA) is 38.5 Å². The molecule has 0 saturated heterocycles. The van der Waals surface area contributed by atoms with Crippen LogP contribution in [0.4, 0.5) is 13.2 Å². The van der Waals surface area contributed by atoms with Gasteiger partial charge in [-0.25, -0.2) is 0 Å². The van der Waals surface area contributed by atoms with E-state index < -0.39 is 6.36 Å². The summed E-state index contributed by atoms with van der Waals surface area (Å²) in [7, 11) is 1.96. The van der Waals surface area contributed by atoms with Crippen molar-refractivity contribution in [3.8, 4) is 5.75 Å². The summed E-state index contributed by atoms with van der Waals surface area (Å²) in [5.41, 5.74) is 6.38. The molecule has 1 rings (SSSR count). The minimum Gasteiger partial charge on any atom is -0.406 e. The van der Waals surface area contributed by atoms with Gasteiger partial charge in [0.15, 0.2) is 0 Å². The van der Waals surface area contributed by atoms with Crippen LogP contribution >= 0.6 is 0 Å². The molecule has 19 heavy (non-hydrogen) atoms. The second kappa shape index (κ2) is 6.77. The predicted molar refractivity (Wildman–Crippen MR) is 67.8 cm³/mol. The Morgan fingerprint density at radius 3 is 2.32 bits per heavy atom. The van der Waals surface area contributed by atoms with Crippen molar-refractivity contribution in [3.63, 3.8) is 0 Å². The SMILES string of the molecule is CC(c1ccc(OC(F)(F)F)cc1)N(C)CCCN. The quantitative estimate of drug-likeness (QED) is 0.868. The molecule has 2 N–H and O–H groups in total. The Morgan fingerprint density at radius 2 is 1.84 bits per heavy atom. The molecular formula is C13H19F3N2O. The summed E-state index contributed by atoms with van der Waals surface area (Å²) in [6.07, 6.45) is -3.76. The molecule has 0 aromatic heterocycles. The van der Waals surface area contributed by atoms with Gasteiger partial charge in [-0.3, -0.25) is 4.90 Å². The van der Waals surface area contributed by atoms with E-state index in [1.54, 1.807) is 12.1 Å². The maximum absolute atomic E-state index is 12.0. The molecule has 1 unspecified atom stereocenters. The fraction of sp³-hybridized carbons (Fsp3) is 0.538. The molecule has 0 radical (unpaired) electrons. The minimum atomic E-state index is -4.65. The molecule has 0 aliphatic carbocycles. The molecule has 0 heterocycles. The Hall–Kier alpha value is -1.27. The summed E-state index contributed by atoms with van der Waals surface area (Å²) in [5.74, 6) is -0.201. The van der Waals surface area contributed by atoms with Gasteiger partial charge in [-0.15, -0.1) is 13.2 Å². The highest BCUT2D eigenvalue weighted by Crippen LogP contribution is 2.25. The van der Waals surface area contributed by atoms with Crippen LogP contribution < -0.4 is 10.5 Å². The minimum absolute atomic E-state index is 0.117. The number of ether oxygens (including phenoxy) is 1. The lowest BCUT2D eigenvalue weighted by atomic mass is 10.1. The molecule has 0 spiro atoms. The highest BCUT2D eigenvalue weighted by Gasteiger charge is 2.31. The maximum atomic E-state index is 12.0. The van der Waals surface area contributed by atoms with Gasteiger partial charge in [0.25, 0.3) is 0 Å². The van der Waals surface area contributed by atoms with Crippen molar-refractivity contribution >= 4 is 0 Å². The largest absolute Gasteiger partial charge is 0.573 e. The molecule has 0 amide bonds. The Labute approximate surface area is 111 Å². The maximum Gasteiger partial charge on any atom is 0.573 e.